The Bertz CT molecular complexity index is 698. The van der Waals surface area contributed by atoms with E-state index in [1.54, 1.807) is 0 Å². The van der Waals surface area contributed by atoms with Crippen molar-refractivity contribution in [2.75, 3.05) is 6.61 Å². The van der Waals surface area contributed by atoms with Gasteiger partial charge in [-0.05, 0) is 13.3 Å². The van der Waals surface area contributed by atoms with Crippen molar-refractivity contribution in [3.05, 3.63) is 0 Å². The van der Waals surface area contributed by atoms with Gasteiger partial charge in [0.2, 0.25) is 23.6 Å². The number of aliphatic hydroxyl groups is 2. The van der Waals surface area contributed by atoms with E-state index in [1.165, 1.54) is 0 Å². The second-order valence-electron chi connectivity index (χ2n) is 6.58. The predicted octanol–water partition coefficient (Wildman–Crippen LogP) is -5.03. The highest BCUT2D eigenvalue weighted by Crippen LogP contribution is 2.01. The summed E-state index contributed by atoms with van der Waals surface area (Å²) in [4.78, 5) is 69.1. The normalized spacial score (nSPS) is 15.5. The summed E-state index contributed by atoms with van der Waals surface area (Å²) in [5, 5.41) is 42.8. The van der Waals surface area contributed by atoms with Crippen LogP contribution in [-0.4, -0.2) is 92.9 Å². The van der Waals surface area contributed by atoms with Crippen LogP contribution in [0.4, 0.5) is 0 Å². The first-order chi connectivity index (χ1) is 14.3. The highest BCUT2D eigenvalue weighted by atomic mass is 16.4. The summed E-state index contributed by atoms with van der Waals surface area (Å²) in [7, 11) is 0. The van der Waals surface area contributed by atoms with Crippen molar-refractivity contribution in [1.82, 2.24) is 16.0 Å². The average Bonchev–Trinajstić information content (AvgIpc) is 2.66. The summed E-state index contributed by atoms with van der Waals surface area (Å²) in [6, 6.07) is -6.40. The fraction of sp³-hybridized carbons (Fsp3) is 0.625. The number of hydrogen-bond acceptors (Lipinski definition) is 9. The molecule has 0 radical (unpaired) electrons. The Labute approximate surface area is 176 Å². The number of nitrogens with one attached hydrogen (secondary N) is 3. The van der Waals surface area contributed by atoms with E-state index in [2.05, 4.69) is 5.32 Å². The molecule has 0 heterocycles. The molecule has 0 aromatic heterocycles. The predicted molar refractivity (Wildman–Crippen MR) is 101 cm³/mol. The van der Waals surface area contributed by atoms with Crippen LogP contribution in [-0.2, 0) is 28.8 Å². The third-order valence-corrected chi connectivity index (χ3v) is 3.91. The zero-order valence-corrected chi connectivity index (χ0v) is 16.6. The zero-order valence-electron chi connectivity index (χ0n) is 16.6. The van der Waals surface area contributed by atoms with Crippen LogP contribution in [0.25, 0.3) is 0 Å². The molecule has 15 nitrogen and oxygen atoms in total. The van der Waals surface area contributed by atoms with E-state index in [1.807, 2.05) is 10.6 Å². The molecule has 15 heteroatoms. The number of aliphatic hydroxyl groups excluding tert-OH is 2. The van der Waals surface area contributed by atoms with Gasteiger partial charge >= 0.3 is 11.9 Å². The van der Waals surface area contributed by atoms with Gasteiger partial charge in [-0.3, -0.25) is 24.0 Å². The summed E-state index contributed by atoms with van der Waals surface area (Å²) in [6.07, 6.45) is -2.84. The van der Waals surface area contributed by atoms with Crippen molar-refractivity contribution in [2.24, 2.45) is 11.5 Å². The molecular formula is C16H27N5O10. The minimum absolute atomic E-state index is 0.125. The largest absolute Gasteiger partial charge is 0.481 e. The zero-order chi connectivity index (χ0) is 24.3. The van der Waals surface area contributed by atoms with Crippen molar-refractivity contribution in [2.45, 2.75) is 56.5 Å². The first kappa shape index (κ1) is 27.7. The number of hydrogen-bond donors (Lipinski definition) is 9. The molecule has 0 saturated carbocycles. The first-order valence-electron chi connectivity index (χ1n) is 8.98. The molecule has 5 unspecified atom stereocenters. The second kappa shape index (κ2) is 13.1. The van der Waals surface area contributed by atoms with Gasteiger partial charge in [0.1, 0.15) is 18.1 Å². The molecule has 0 aliphatic rings. The second-order valence-corrected chi connectivity index (χ2v) is 6.58. The lowest BCUT2D eigenvalue weighted by molar-refractivity contribution is -0.148. The maximum Gasteiger partial charge on any atom is 0.326 e. The molecule has 0 aliphatic heterocycles. The van der Waals surface area contributed by atoms with Gasteiger partial charge in [0.15, 0.2) is 0 Å². The number of amides is 4. The summed E-state index contributed by atoms with van der Waals surface area (Å²) in [6.45, 7) is 0.162. The lowest BCUT2D eigenvalue weighted by Gasteiger charge is -2.25. The SMILES string of the molecule is CC(O)C(NC(=O)C(CO)NC(=O)C(N)CCC(N)=O)C(=O)NC(CC(=O)O)C(=O)O. The van der Waals surface area contributed by atoms with E-state index in [0.29, 0.717) is 0 Å². The third-order valence-electron chi connectivity index (χ3n) is 3.91. The van der Waals surface area contributed by atoms with Gasteiger partial charge in [0.05, 0.1) is 25.2 Å². The number of rotatable bonds is 14. The van der Waals surface area contributed by atoms with Crippen molar-refractivity contribution < 1.29 is 49.2 Å². The Hall–Kier alpha value is -3.30. The molecule has 0 aromatic rings. The van der Waals surface area contributed by atoms with Gasteiger partial charge in [-0.1, -0.05) is 0 Å². The molecule has 0 bridgehead atoms. The molecular weight excluding hydrogens is 422 g/mol. The van der Waals surface area contributed by atoms with Crippen molar-refractivity contribution >= 4 is 35.6 Å². The Kier molecular flexibility index (Phi) is 11.7. The summed E-state index contributed by atoms with van der Waals surface area (Å²) in [5.41, 5.74) is 10.5. The van der Waals surface area contributed by atoms with Crippen molar-refractivity contribution in [1.29, 1.82) is 0 Å². The Morgan fingerprint density at radius 1 is 0.903 bits per heavy atom. The number of carboxylic acid groups (broad SMARTS) is 2. The maximum atomic E-state index is 12.3. The Balaban J connectivity index is 5.16. The van der Waals surface area contributed by atoms with Crippen LogP contribution in [0.5, 0.6) is 0 Å². The number of carboxylic acids is 2. The lowest BCUT2D eigenvalue weighted by atomic mass is 10.1. The third kappa shape index (κ3) is 10.3. The van der Waals surface area contributed by atoms with Gasteiger partial charge in [0, 0.05) is 6.42 Å². The molecule has 4 amide bonds. The maximum absolute atomic E-state index is 12.3. The molecule has 0 fully saturated rings. The number of nitrogens with two attached hydrogens (primary N) is 2. The molecule has 0 spiro atoms. The molecule has 11 N–H and O–H groups in total. The van der Waals surface area contributed by atoms with E-state index < -0.39 is 78.9 Å². The van der Waals surface area contributed by atoms with Crippen LogP contribution in [0.3, 0.4) is 0 Å². The molecule has 5 atom stereocenters. The van der Waals surface area contributed by atoms with Gasteiger partial charge in [-0.25, -0.2) is 4.79 Å². The van der Waals surface area contributed by atoms with E-state index in [-0.39, 0.29) is 12.8 Å². The fourth-order valence-electron chi connectivity index (χ4n) is 2.20. The minimum atomic E-state index is -1.83. The van der Waals surface area contributed by atoms with Gasteiger partial charge in [-0.15, -0.1) is 0 Å². The number of primary amides is 1. The molecule has 0 aliphatic carbocycles. The topological polar surface area (TPSA) is 271 Å². The number of carbonyl (C=O) groups excluding carboxylic acids is 4. The molecule has 0 rings (SSSR count). The molecule has 0 aromatic carbocycles. The molecule has 0 saturated heterocycles. The highest BCUT2D eigenvalue weighted by Gasteiger charge is 2.33. The van der Waals surface area contributed by atoms with E-state index in [4.69, 9.17) is 21.7 Å². The number of carbonyl (C=O) groups is 6. The van der Waals surface area contributed by atoms with Crippen LogP contribution < -0.4 is 27.4 Å². The fourth-order valence-corrected chi connectivity index (χ4v) is 2.20. The minimum Gasteiger partial charge on any atom is -0.481 e. The lowest BCUT2D eigenvalue weighted by Crippen LogP contribution is -2.60. The molecule has 176 valence electrons. The average molecular weight is 449 g/mol. The van der Waals surface area contributed by atoms with Crippen LogP contribution >= 0.6 is 0 Å². The van der Waals surface area contributed by atoms with E-state index in [9.17, 15) is 39.0 Å². The van der Waals surface area contributed by atoms with Gasteiger partial charge < -0.3 is 47.8 Å². The van der Waals surface area contributed by atoms with Gasteiger partial charge in [-0.2, -0.15) is 0 Å². The molecule has 31 heavy (non-hydrogen) atoms. The van der Waals surface area contributed by atoms with Gasteiger partial charge in [0.25, 0.3) is 0 Å². The summed E-state index contributed by atoms with van der Waals surface area (Å²) in [5.74, 6) is -7.10. The Morgan fingerprint density at radius 3 is 1.87 bits per heavy atom. The van der Waals surface area contributed by atoms with Crippen LogP contribution in [0.15, 0.2) is 0 Å². The van der Waals surface area contributed by atoms with Crippen LogP contribution in [0.2, 0.25) is 0 Å². The Morgan fingerprint density at radius 2 is 1.45 bits per heavy atom. The van der Waals surface area contributed by atoms with E-state index >= 15 is 0 Å². The van der Waals surface area contributed by atoms with Crippen LogP contribution in [0.1, 0.15) is 26.2 Å². The number of aliphatic carboxylic acids is 2. The first-order valence-corrected chi connectivity index (χ1v) is 8.98. The van der Waals surface area contributed by atoms with E-state index in [0.717, 1.165) is 6.92 Å². The van der Waals surface area contributed by atoms with Crippen molar-refractivity contribution in [3.8, 4) is 0 Å². The monoisotopic (exact) mass is 449 g/mol. The van der Waals surface area contributed by atoms with Crippen LogP contribution in [0, 0.1) is 0 Å². The highest BCUT2D eigenvalue weighted by molar-refractivity contribution is 5.95. The summed E-state index contributed by atoms with van der Waals surface area (Å²) < 4.78 is 0. The summed E-state index contributed by atoms with van der Waals surface area (Å²) >= 11 is 0. The van der Waals surface area contributed by atoms with Crippen molar-refractivity contribution in [3.63, 3.8) is 0 Å². The quantitative estimate of drug-likeness (QED) is 0.121. The smallest absolute Gasteiger partial charge is 0.326 e. The standard InChI is InChI=1S/C16H27N5O10/c1-6(23)12(15(29)19-8(16(30)31)4-11(25)26)21-14(28)9(5-22)20-13(27)7(17)2-3-10(18)24/h6-9,12,22-23H,2-5,17H2,1H3,(H2,18,24)(H,19,29)(H,20,27)(H,21,28)(H,25,26)(H,30,31).